The van der Waals surface area contributed by atoms with Gasteiger partial charge in [-0.3, -0.25) is 15.0 Å². The molecule has 0 radical (unpaired) electrons. The molecule has 7 heterocycles. The second-order valence-corrected chi connectivity index (χ2v) is 24.1. The van der Waals surface area contributed by atoms with Gasteiger partial charge in [0.25, 0.3) is 0 Å². The van der Waals surface area contributed by atoms with E-state index in [9.17, 15) is 0 Å². The van der Waals surface area contributed by atoms with E-state index in [1.54, 1.807) is 25.0 Å². The molecule has 372 valence electrons. The quantitative estimate of drug-likeness (QED) is 0.151. The molecule has 0 unspecified atom stereocenters. The van der Waals surface area contributed by atoms with Crippen LogP contribution in [0.3, 0.4) is 0 Å². The molecule has 0 bridgehead atoms. The summed E-state index contributed by atoms with van der Waals surface area (Å²) >= 11 is 0. The highest BCUT2D eigenvalue weighted by molar-refractivity contribution is 6.00. The normalized spacial score (nSPS) is 14.9. The van der Waals surface area contributed by atoms with Gasteiger partial charge in [-0.15, -0.1) is 0 Å². The predicted octanol–water partition coefficient (Wildman–Crippen LogP) is 16.0. The number of benzene rings is 1. The third-order valence-electron chi connectivity index (χ3n) is 9.91. The van der Waals surface area contributed by atoms with Crippen LogP contribution in [0.2, 0.25) is 0 Å². The van der Waals surface area contributed by atoms with Crippen LogP contribution >= 0.6 is 0 Å². The summed E-state index contributed by atoms with van der Waals surface area (Å²) in [6.07, 6.45) is 13.4. The number of hydrogen-bond acceptors (Lipinski definition) is 10. The van der Waals surface area contributed by atoms with Crippen molar-refractivity contribution in [3.63, 3.8) is 0 Å². The summed E-state index contributed by atoms with van der Waals surface area (Å²) in [5, 5.41) is 0. The molecule has 3 aliphatic rings. The van der Waals surface area contributed by atoms with E-state index < -0.39 is 0 Å². The Hall–Kier alpha value is -4.99. The number of para-hydroxylation sites is 2. The highest BCUT2D eigenvalue weighted by Gasteiger charge is 2.24. The molecule has 8 rings (SSSR count). The zero-order valence-electron chi connectivity index (χ0n) is 45.6. The van der Waals surface area contributed by atoms with Crippen molar-refractivity contribution in [2.45, 2.75) is 180 Å². The maximum Gasteiger partial charge on any atom is 0.200 e. The van der Waals surface area contributed by atoms with E-state index in [1.807, 2.05) is 48.5 Å². The number of aliphatic imine (C=N–C) groups is 3. The van der Waals surface area contributed by atoms with Gasteiger partial charge in [-0.05, 0) is 60.7 Å². The lowest BCUT2D eigenvalue weighted by Crippen LogP contribution is -2.20. The number of allylic oxidation sites excluding steroid dienone is 1. The van der Waals surface area contributed by atoms with Crippen molar-refractivity contribution < 1.29 is 22.4 Å². The number of rotatable bonds is 0. The van der Waals surface area contributed by atoms with Crippen molar-refractivity contribution in [3.8, 4) is 0 Å². The molecule has 0 saturated carbocycles. The molecule has 0 spiro atoms. The first-order chi connectivity index (χ1) is 30.7. The molecule has 0 N–H and O–H groups in total. The first kappa shape index (κ1) is 58.1. The van der Waals surface area contributed by atoms with Gasteiger partial charge in [0, 0.05) is 50.5 Å². The van der Waals surface area contributed by atoms with Gasteiger partial charge < -0.3 is 22.4 Å². The summed E-state index contributed by atoms with van der Waals surface area (Å²) in [4.78, 5) is 21.4. The van der Waals surface area contributed by atoms with Crippen LogP contribution in [-0.2, 0) is 26.4 Å². The van der Waals surface area contributed by atoms with E-state index in [-0.39, 0.29) is 32.5 Å². The molecule has 4 aromatic heterocycles. The van der Waals surface area contributed by atoms with Crippen LogP contribution < -0.4 is 0 Å². The molecule has 67 heavy (non-hydrogen) atoms. The fourth-order valence-electron chi connectivity index (χ4n) is 5.99. The van der Waals surface area contributed by atoms with Gasteiger partial charge in [-0.25, -0.2) is 9.97 Å². The molecule has 3 aliphatic heterocycles. The highest BCUT2D eigenvalue weighted by Crippen LogP contribution is 2.27. The lowest BCUT2D eigenvalue weighted by molar-refractivity contribution is 0.302. The Labute approximate surface area is 405 Å². The average Bonchev–Trinajstić information content (AvgIpc) is 4.08. The molecule has 0 amide bonds. The standard InChI is InChI=1S/C11H13NO.C8H15N.C8H13N.2C8H12O.C7H13NO.C7H11NO/c1-11(2,3)10-12-8-6-4-5-7-9(8)13-10;4*1-8(2,3)7-5-4-6-9-7;2*1-7(2,3)6-8-4-5-9-6/h4-7H,1-3H3;4-6H2,1-3H3;4-5H,6H2,1-3H3;2*4-6H,1-3H3;4-5H2,1-3H3;4-5H,1-3H3. The van der Waals surface area contributed by atoms with Gasteiger partial charge in [-0.1, -0.05) is 164 Å². The zero-order chi connectivity index (χ0) is 50.9. The van der Waals surface area contributed by atoms with Crippen molar-refractivity contribution in [2.75, 3.05) is 26.2 Å². The van der Waals surface area contributed by atoms with Crippen LogP contribution in [0.1, 0.15) is 182 Å². The summed E-state index contributed by atoms with van der Waals surface area (Å²) in [5.74, 6) is 4.59. The molecule has 0 aliphatic carbocycles. The van der Waals surface area contributed by atoms with E-state index in [0.29, 0.717) is 5.41 Å². The van der Waals surface area contributed by atoms with Crippen molar-refractivity contribution in [2.24, 2.45) is 31.2 Å². The highest BCUT2D eigenvalue weighted by atomic mass is 16.5. The third kappa shape index (κ3) is 22.1. The van der Waals surface area contributed by atoms with E-state index in [2.05, 4.69) is 182 Å². The van der Waals surface area contributed by atoms with Gasteiger partial charge >= 0.3 is 0 Å². The first-order valence-corrected chi connectivity index (χ1v) is 24.0. The Bertz CT molecular complexity index is 2070. The minimum absolute atomic E-state index is 0.0149. The van der Waals surface area contributed by atoms with E-state index >= 15 is 0 Å². The minimum atomic E-state index is -0.0149. The fourth-order valence-corrected chi connectivity index (χ4v) is 5.99. The second-order valence-electron chi connectivity index (χ2n) is 24.1. The Kier molecular flexibility index (Phi) is 21.6. The van der Waals surface area contributed by atoms with Crippen LogP contribution in [0.15, 0.2) is 118 Å². The molecule has 10 heteroatoms. The summed E-state index contributed by atoms with van der Waals surface area (Å²) in [6, 6.07) is 15.7. The van der Waals surface area contributed by atoms with Crippen LogP contribution in [-0.4, -0.2) is 53.5 Å². The molecule has 0 atom stereocenters. The number of ether oxygens (including phenoxy) is 1. The Morgan fingerprint density at radius 2 is 1.06 bits per heavy atom. The monoisotopic (exact) mass is 924 g/mol. The van der Waals surface area contributed by atoms with Gasteiger partial charge in [0.1, 0.15) is 29.9 Å². The summed E-state index contributed by atoms with van der Waals surface area (Å²) in [7, 11) is 0. The molecule has 5 aromatic rings. The minimum Gasteiger partial charge on any atom is -0.479 e. The Balaban J connectivity index is 0.000000270. The summed E-state index contributed by atoms with van der Waals surface area (Å²) in [5.41, 5.74) is 5.46. The van der Waals surface area contributed by atoms with Crippen molar-refractivity contribution in [3.05, 3.63) is 109 Å². The number of aromatic nitrogens is 2. The first-order valence-electron chi connectivity index (χ1n) is 24.0. The molecular formula is C57H89N5O5. The molecule has 1 aromatic carbocycles. The SMILES string of the molecule is CC(C)(C)C1=NCC=C1.CC(C)(C)C1=NCCC1.CC(C)(C)C1=NCCO1.CC(C)(C)c1ccco1.CC(C)(C)c1ccco1.CC(C)(C)c1nc2ccccc2o1.CC(C)(C)c1ncco1. The summed E-state index contributed by atoms with van der Waals surface area (Å²) in [6.45, 7) is 48.4. The lowest BCUT2D eigenvalue weighted by Gasteiger charge is -2.17. The van der Waals surface area contributed by atoms with Gasteiger partial charge in [0.05, 0.1) is 31.8 Å². The lowest BCUT2D eigenvalue weighted by atomic mass is 9.88. The molecular weight excluding hydrogens is 835 g/mol. The third-order valence-corrected chi connectivity index (χ3v) is 9.91. The van der Waals surface area contributed by atoms with E-state index in [4.69, 9.17) is 22.4 Å². The van der Waals surface area contributed by atoms with E-state index in [1.165, 1.54) is 24.3 Å². The number of nitrogens with zero attached hydrogens (tertiary/aromatic N) is 5. The van der Waals surface area contributed by atoms with Crippen LogP contribution in [0, 0.1) is 16.2 Å². The average molecular weight is 924 g/mol. The smallest absolute Gasteiger partial charge is 0.200 e. The predicted molar refractivity (Wildman–Crippen MR) is 282 cm³/mol. The van der Waals surface area contributed by atoms with Gasteiger partial charge in [0.15, 0.2) is 17.4 Å². The van der Waals surface area contributed by atoms with Crippen LogP contribution in [0.4, 0.5) is 0 Å². The van der Waals surface area contributed by atoms with E-state index in [0.717, 1.165) is 66.5 Å². The number of furan rings is 2. The maximum atomic E-state index is 5.62. The second kappa shape index (κ2) is 24.9. The summed E-state index contributed by atoms with van der Waals surface area (Å²) < 4.78 is 26.4. The fraction of sp³-hybridized carbons (Fsp3) is 0.596. The molecule has 0 saturated heterocycles. The zero-order valence-corrected chi connectivity index (χ0v) is 45.6. The van der Waals surface area contributed by atoms with Crippen LogP contribution in [0.25, 0.3) is 11.1 Å². The van der Waals surface area contributed by atoms with Crippen LogP contribution in [0.5, 0.6) is 0 Å². The largest absolute Gasteiger partial charge is 0.479 e. The van der Waals surface area contributed by atoms with Gasteiger partial charge in [-0.2, -0.15) is 0 Å². The Morgan fingerprint density at radius 1 is 0.493 bits per heavy atom. The molecule has 10 nitrogen and oxygen atoms in total. The number of oxazole rings is 2. The topological polar surface area (TPSA) is 125 Å². The van der Waals surface area contributed by atoms with Crippen molar-refractivity contribution in [1.29, 1.82) is 0 Å². The van der Waals surface area contributed by atoms with Crippen molar-refractivity contribution in [1.82, 2.24) is 9.97 Å². The molecule has 0 fully saturated rings. The number of fused-ring (bicyclic) bond motifs is 1. The van der Waals surface area contributed by atoms with Crippen molar-refractivity contribution >= 4 is 28.4 Å². The number of hydrogen-bond donors (Lipinski definition) is 0. The Morgan fingerprint density at radius 3 is 1.33 bits per heavy atom. The van der Waals surface area contributed by atoms with Gasteiger partial charge in [0.2, 0.25) is 5.89 Å². The maximum absolute atomic E-state index is 5.62.